The van der Waals surface area contributed by atoms with Crippen molar-refractivity contribution in [1.82, 2.24) is 14.6 Å². The van der Waals surface area contributed by atoms with E-state index < -0.39 is 10.0 Å². The van der Waals surface area contributed by atoms with Gasteiger partial charge in [-0.25, -0.2) is 8.42 Å². The molecule has 0 bridgehead atoms. The number of pyridine rings is 1. The molecule has 1 fully saturated rings. The first-order valence-corrected chi connectivity index (χ1v) is 11.9. The topological polar surface area (TPSA) is 82.6 Å². The second-order valence-corrected chi connectivity index (χ2v) is 9.40. The third-order valence-corrected chi connectivity index (χ3v) is 7.70. The maximum atomic E-state index is 12.6. The van der Waals surface area contributed by atoms with Gasteiger partial charge in [0.2, 0.25) is 10.0 Å². The normalized spacial score (nSPS) is 15.4. The van der Waals surface area contributed by atoms with E-state index in [2.05, 4.69) is 21.3 Å². The lowest BCUT2D eigenvalue weighted by Gasteiger charge is -2.33. The second kappa shape index (κ2) is 10.0. The van der Waals surface area contributed by atoms with Crippen LogP contribution in [0.25, 0.3) is 0 Å². The van der Waals surface area contributed by atoms with E-state index in [1.165, 1.54) is 16.4 Å². The first-order valence-electron chi connectivity index (χ1n) is 10.5. The van der Waals surface area contributed by atoms with Crippen LogP contribution in [0.5, 0.6) is 0 Å². The highest BCUT2D eigenvalue weighted by atomic mass is 32.2. The Morgan fingerprint density at radius 3 is 2.37 bits per heavy atom. The van der Waals surface area contributed by atoms with Gasteiger partial charge in [-0.1, -0.05) is 13.8 Å². The number of hydrogen-bond acceptors (Lipinski definition) is 5. The van der Waals surface area contributed by atoms with E-state index in [4.69, 9.17) is 0 Å². The lowest BCUT2D eigenvalue weighted by molar-refractivity contribution is 0.0945. The third-order valence-electron chi connectivity index (χ3n) is 5.64. The van der Waals surface area contributed by atoms with E-state index in [-0.39, 0.29) is 10.8 Å². The van der Waals surface area contributed by atoms with Crippen molar-refractivity contribution >= 4 is 21.6 Å². The zero-order valence-corrected chi connectivity index (χ0v) is 18.4. The Bertz CT molecular complexity index is 921. The van der Waals surface area contributed by atoms with Crippen LogP contribution in [-0.2, 0) is 10.0 Å². The van der Waals surface area contributed by atoms with E-state index in [0.29, 0.717) is 31.1 Å². The number of carbonyl (C=O) groups excluding carboxylic acids is 1. The Labute approximate surface area is 179 Å². The van der Waals surface area contributed by atoms with Crippen LogP contribution in [-0.4, -0.2) is 56.3 Å². The molecular weight excluding hydrogens is 400 g/mol. The molecule has 8 heteroatoms. The molecule has 2 heterocycles. The molecular formula is C22H30N4O3S. The molecule has 1 aliphatic heterocycles. The van der Waals surface area contributed by atoms with Crippen LogP contribution in [0.3, 0.4) is 0 Å². The number of sulfonamides is 1. The summed E-state index contributed by atoms with van der Waals surface area (Å²) in [5, 5.41) is 3.00. The summed E-state index contributed by atoms with van der Waals surface area (Å²) in [5.41, 5.74) is 1.61. The Hall–Kier alpha value is -2.45. The van der Waals surface area contributed by atoms with Gasteiger partial charge in [-0.2, -0.15) is 4.31 Å². The molecule has 1 aromatic carbocycles. The number of rotatable bonds is 8. The van der Waals surface area contributed by atoms with E-state index in [0.717, 1.165) is 31.6 Å². The van der Waals surface area contributed by atoms with Crippen molar-refractivity contribution in [1.29, 1.82) is 0 Å². The predicted molar refractivity (Wildman–Crippen MR) is 118 cm³/mol. The van der Waals surface area contributed by atoms with Crippen LogP contribution in [0.15, 0.2) is 53.7 Å². The van der Waals surface area contributed by atoms with E-state index in [1.54, 1.807) is 18.3 Å². The van der Waals surface area contributed by atoms with Gasteiger partial charge < -0.3 is 10.2 Å². The maximum absolute atomic E-state index is 12.6. The van der Waals surface area contributed by atoms with Crippen LogP contribution in [0.4, 0.5) is 5.69 Å². The number of nitrogens with zero attached hydrogens (tertiary/aromatic N) is 3. The maximum Gasteiger partial charge on any atom is 0.251 e. The standard InChI is InChI=1S/C22H30N4O3S/c1-3-26(4-2)30(28,29)21-9-7-19(8-10-21)22(27)24-16-18-11-14-25(15-12-18)20-6-5-13-23-17-20/h5-10,13,17-18H,3-4,11-12,14-16H2,1-2H3,(H,24,27). The van der Waals surface area contributed by atoms with E-state index in [9.17, 15) is 13.2 Å². The highest BCUT2D eigenvalue weighted by molar-refractivity contribution is 7.89. The highest BCUT2D eigenvalue weighted by Crippen LogP contribution is 2.22. The summed E-state index contributed by atoms with van der Waals surface area (Å²) in [6, 6.07) is 10.2. The summed E-state index contributed by atoms with van der Waals surface area (Å²) in [4.78, 5) is 19.2. The van der Waals surface area contributed by atoms with Gasteiger partial charge in [-0.3, -0.25) is 9.78 Å². The SMILES string of the molecule is CCN(CC)S(=O)(=O)c1ccc(C(=O)NCC2CCN(c3cccnc3)CC2)cc1. The zero-order chi connectivity index (χ0) is 21.6. The molecule has 0 saturated carbocycles. The van der Waals surface area contributed by atoms with Gasteiger partial charge in [0, 0.05) is 44.5 Å². The molecule has 2 aromatic rings. The number of carbonyl (C=O) groups is 1. The highest BCUT2D eigenvalue weighted by Gasteiger charge is 2.23. The van der Waals surface area contributed by atoms with Crippen molar-refractivity contribution < 1.29 is 13.2 Å². The van der Waals surface area contributed by atoms with Crippen LogP contribution in [0.2, 0.25) is 0 Å². The van der Waals surface area contributed by atoms with Gasteiger partial charge in [-0.05, 0) is 55.2 Å². The summed E-state index contributed by atoms with van der Waals surface area (Å²) >= 11 is 0. The number of piperidine rings is 1. The molecule has 0 radical (unpaired) electrons. The molecule has 0 aliphatic carbocycles. The largest absolute Gasteiger partial charge is 0.370 e. The number of anilines is 1. The molecule has 1 N–H and O–H groups in total. The fourth-order valence-electron chi connectivity index (χ4n) is 3.77. The van der Waals surface area contributed by atoms with Crippen LogP contribution in [0.1, 0.15) is 37.0 Å². The summed E-state index contributed by atoms with van der Waals surface area (Å²) in [7, 11) is -3.51. The first kappa shape index (κ1) is 22.2. The summed E-state index contributed by atoms with van der Waals surface area (Å²) < 4.78 is 26.5. The van der Waals surface area contributed by atoms with Crippen molar-refractivity contribution in [3.63, 3.8) is 0 Å². The summed E-state index contributed by atoms with van der Waals surface area (Å²) in [6.45, 7) is 6.98. The Morgan fingerprint density at radius 1 is 1.13 bits per heavy atom. The number of amides is 1. The van der Waals surface area contributed by atoms with Gasteiger partial charge in [0.25, 0.3) is 5.91 Å². The molecule has 0 atom stereocenters. The molecule has 1 amide bonds. The minimum Gasteiger partial charge on any atom is -0.370 e. The lowest BCUT2D eigenvalue weighted by atomic mass is 9.96. The van der Waals surface area contributed by atoms with Crippen LogP contribution < -0.4 is 10.2 Å². The fraction of sp³-hybridized carbons (Fsp3) is 0.455. The smallest absolute Gasteiger partial charge is 0.251 e. The second-order valence-electron chi connectivity index (χ2n) is 7.47. The minimum atomic E-state index is -3.51. The molecule has 1 aromatic heterocycles. The molecule has 162 valence electrons. The van der Waals surface area contributed by atoms with Crippen molar-refractivity contribution in [2.45, 2.75) is 31.6 Å². The predicted octanol–water partition coefficient (Wildman–Crippen LogP) is 2.76. The van der Waals surface area contributed by atoms with E-state index in [1.807, 2.05) is 26.1 Å². The molecule has 1 saturated heterocycles. The Morgan fingerprint density at radius 2 is 1.80 bits per heavy atom. The molecule has 1 aliphatic rings. The van der Waals surface area contributed by atoms with Crippen molar-refractivity contribution in [2.75, 3.05) is 37.6 Å². The van der Waals surface area contributed by atoms with Crippen molar-refractivity contribution in [3.05, 3.63) is 54.4 Å². The zero-order valence-electron chi connectivity index (χ0n) is 17.6. The van der Waals surface area contributed by atoms with E-state index >= 15 is 0 Å². The first-order chi connectivity index (χ1) is 14.5. The molecule has 30 heavy (non-hydrogen) atoms. The van der Waals surface area contributed by atoms with Gasteiger partial charge in [-0.15, -0.1) is 0 Å². The number of benzene rings is 1. The molecule has 0 unspecified atom stereocenters. The summed E-state index contributed by atoms with van der Waals surface area (Å²) in [5.74, 6) is 0.265. The van der Waals surface area contributed by atoms with Gasteiger partial charge in [0.05, 0.1) is 16.8 Å². The van der Waals surface area contributed by atoms with Gasteiger partial charge in [0.1, 0.15) is 0 Å². The Balaban J connectivity index is 1.51. The number of nitrogens with one attached hydrogen (secondary N) is 1. The monoisotopic (exact) mass is 430 g/mol. The lowest BCUT2D eigenvalue weighted by Crippen LogP contribution is -2.38. The molecule has 7 nitrogen and oxygen atoms in total. The quantitative estimate of drug-likeness (QED) is 0.696. The third kappa shape index (κ3) is 5.17. The molecule has 0 spiro atoms. The van der Waals surface area contributed by atoms with Crippen LogP contribution >= 0.6 is 0 Å². The van der Waals surface area contributed by atoms with Crippen molar-refractivity contribution in [3.8, 4) is 0 Å². The van der Waals surface area contributed by atoms with Crippen LogP contribution in [0, 0.1) is 5.92 Å². The average molecular weight is 431 g/mol. The fourth-order valence-corrected chi connectivity index (χ4v) is 5.22. The number of hydrogen-bond donors (Lipinski definition) is 1. The van der Waals surface area contributed by atoms with Gasteiger partial charge in [0.15, 0.2) is 0 Å². The number of aromatic nitrogens is 1. The molecule has 3 rings (SSSR count). The van der Waals surface area contributed by atoms with Crippen molar-refractivity contribution in [2.24, 2.45) is 5.92 Å². The summed E-state index contributed by atoms with van der Waals surface area (Å²) in [6.07, 6.45) is 5.68. The average Bonchev–Trinajstić information content (AvgIpc) is 2.79. The minimum absolute atomic E-state index is 0.170. The Kier molecular flexibility index (Phi) is 7.44. The van der Waals surface area contributed by atoms with Gasteiger partial charge >= 0.3 is 0 Å².